The van der Waals surface area contributed by atoms with Gasteiger partial charge in [0.15, 0.2) is 0 Å². The SMILES string of the molecule is CN1C2CCC1CC(OC(=O)C(c1ccccc1)C1(O)CCCC1)C2.Cl. The van der Waals surface area contributed by atoms with Crippen molar-refractivity contribution in [3.8, 4) is 0 Å². The zero-order chi connectivity index (χ0) is 17.4. The molecule has 1 saturated carbocycles. The molecule has 0 amide bonds. The summed E-state index contributed by atoms with van der Waals surface area (Å²) in [5.74, 6) is -0.793. The number of carbonyl (C=O) groups is 1. The minimum Gasteiger partial charge on any atom is -0.462 e. The van der Waals surface area contributed by atoms with E-state index in [0.29, 0.717) is 24.9 Å². The molecule has 144 valence electrons. The lowest BCUT2D eigenvalue weighted by Gasteiger charge is -2.38. The lowest BCUT2D eigenvalue weighted by molar-refractivity contribution is -0.161. The smallest absolute Gasteiger partial charge is 0.316 e. The number of hydrogen-bond acceptors (Lipinski definition) is 4. The van der Waals surface area contributed by atoms with Gasteiger partial charge in [0.2, 0.25) is 0 Å². The van der Waals surface area contributed by atoms with E-state index in [1.54, 1.807) is 0 Å². The van der Waals surface area contributed by atoms with Gasteiger partial charge < -0.3 is 14.7 Å². The summed E-state index contributed by atoms with van der Waals surface area (Å²) in [7, 11) is 2.19. The second kappa shape index (κ2) is 7.87. The van der Waals surface area contributed by atoms with E-state index in [-0.39, 0.29) is 24.5 Å². The van der Waals surface area contributed by atoms with E-state index in [1.807, 2.05) is 30.3 Å². The van der Waals surface area contributed by atoms with Crippen LogP contribution in [0, 0.1) is 0 Å². The second-order valence-electron chi connectivity index (χ2n) is 8.24. The number of nitrogens with zero attached hydrogens (tertiary/aromatic N) is 1. The van der Waals surface area contributed by atoms with E-state index in [4.69, 9.17) is 4.74 Å². The van der Waals surface area contributed by atoms with Crippen LogP contribution in [0.2, 0.25) is 0 Å². The highest BCUT2D eigenvalue weighted by Gasteiger charge is 2.47. The Labute approximate surface area is 162 Å². The molecule has 3 unspecified atom stereocenters. The number of ether oxygens (including phenoxy) is 1. The highest BCUT2D eigenvalue weighted by Crippen LogP contribution is 2.43. The van der Waals surface area contributed by atoms with Crippen LogP contribution in [0.3, 0.4) is 0 Å². The third-order valence-corrected chi connectivity index (χ3v) is 6.71. The summed E-state index contributed by atoms with van der Waals surface area (Å²) < 4.78 is 5.99. The molecule has 1 aromatic rings. The Morgan fingerprint density at radius 3 is 2.31 bits per heavy atom. The number of aliphatic hydroxyl groups is 1. The zero-order valence-electron chi connectivity index (χ0n) is 15.5. The van der Waals surface area contributed by atoms with Gasteiger partial charge in [0.1, 0.15) is 12.0 Å². The average molecular weight is 380 g/mol. The summed E-state index contributed by atoms with van der Waals surface area (Å²) in [6, 6.07) is 10.8. The third-order valence-electron chi connectivity index (χ3n) is 6.71. The molecule has 3 aliphatic rings. The number of piperidine rings is 1. The lowest BCUT2D eigenvalue weighted by Crippen LogP contribution is -2.45. The van der Waals surface area contributed by atoms with Gasteiger partial charge in [-0.2, -0.15) is 0 Å². The summed E-state index contributed by atoms with van der Waals surface area (Å²) in [6.45, 7) is 0. The summed E-state index contributed by atoms with van der Waals surface area (Å²) in [6.07, 6.45) is 7.59. The van der Waals surface area contributed by atoms with Gasteiger partial charge in [-0.15, -0.1) is 12.4 Å². The minimum absolute atomic E-state index is 0. The van der Waals surface area contributed by atoms with Gasteiger partial charge in [-0.3, -0.25) is 4.79 Å². The summed E-state index contributed by atoms with van der Waals surface area (Å²) in [5.41, 5.74) is -0.0733. The number of fused-ring (bicyclic) bond motifs is 2. The van der Waals surface area contributed by atoms with Crippen molar-refractivity contribution in [3.05, 3.63) is 35.9 Å². The van der Waals surface area contributed by atoms with Gasteiger partial charge in [0.25, 0.3) is 0 Å². The number of benzene rings is 1. The molecule has 26 heavy (non-hydrogen) atoms. The van der Waals surface area contributed by atoms with Crippen molar-refractivity contribution in [2.24, 2.45) is 0 Å². The average Bonchev–Trinajstić information content (AvgIpc) is 3.09. The maximum Gasteiger partial charge on any atom is 0.316 e. The van der Waals surface area contributed by atoms with Crippen LogP contribution in [0.4, 0.5) is 0 Å². The molecular weight excluding hydrogens is 350 g/mol. The van der Waals surface area contributed by atoms with Crippen LogP contribution in [-0.4, -0.2) is 46.8 Å². The highest BCUT2D eigenvalue weighted by atomic mass is 35.5. The van der Waals surface area contributed by atoms with Crippen molar-refractivity contribution in [2.45, 2.75) is 81.1 Å². The molecule has 2 bridgehead atoms. The maximum absolute atomic E-state index is 13.1. The van der Waals surface area contributed by atoms with Gasteiger partial charge in [-0.1, -0.05) is 43.2 Å². The molecule has 3 fully saturated rings. The molecule has 0 aromatic heterocycles. The monoisotopic (exact) mass is 379 g/mol. The molecule has 4 rings (SSSR count). The van der Waals surface area contributed by atoms with Crippen LogP contribution in [0.15, 0.2) is 30.3 Å². The van der Waals surface area contributed by atoms with Crippen LogP contribution in [-0.2, 0) is 9.53 Å². The Hall–Kier alpha value is -1.10. The minimum atomic E-state index is -0.955. The molecule has 2 heterocycles. The largest absolute Gasteiger partial charge is 0.462 e. The van der Waals surface area contributed by atoms with Gasteiger partial charge in [0.05, 0.1) is 5.60 Å². The van der Waals surface area contributed by atoms with Gasteiger partial charge in [0, 0.05) is 12.1 Å². The Morgan fingerprint density at radius 1 is 1.15 bits per heavy atom. The van der Waals surface area contributed by atoms with Crippen molar-refractivity contribution in [2.75, 3.05) is 7.05 Å². The van der Waals surface area contributed by atoms with E-state index in [9.17, 15) is 9.90 Å². The Balaban J connectivity index is 0.00000196. The maximum atomic E-state index is 13.1. The predicted molar refractivity (Wildman–Crippen MR) is 104 cm³/mol. The third kappa shape index (κ3) is 3.64. The Kier molecular flexibility index (Phi) is 5.95. The molecule has 3 atom stereocenters. The fraction of sp³-hybridized carbons (Fsp3) is 0.667. The van der Waals surface area contributed by atoms with Crippen molar-refractivity contribution in [1.29, 1.82) is 0 Å². The van der Waals surface area contributed by atoms with Gasteiger partial charge in [-0.05, 0) is 51.1 Å². The molecule has 1 aromatic carbocycles. The lowest BCUT2D eigenvalue weighted by atomic mass is 9.80. The predicted octanol–water partition coefficient (Wildman–Crippen LogP) is 3.67. The van der Waals surface area contributed by atoms with E-state index in [2.05, 4.69) is 11.9 Å². The second-order valence-corrected chi connectivity index (χ2v) is 8.24. The van der Waals surface area contributed by atoms with Crippen molar-refractivity contribution >= 4 is 18.4 Å². The fourth-order valence-corrected chi connectivity index (χ4v) is 5.28. The van der Waals surface area contributed by atoms with Crippen LogP contribution in [0.25, 0.3) is 0 Å². The first-order chi connectivity index (χ1) is 12.1. The Bertz CT molecular complexity index is 603. The first-order valence-electron chi connectivity index (χ1n) is 9.76. The topological polar surface area (TPSA) is 49.8 Å². The first-order valence-corrected chi connectivity index (χ1v) is 9.76. The molecular formula is C21H30ClNO3. The molecule has 5 heteroatoms. The molecule has 4 nitrogen and oxygen atoms in total. The molecule has 1 N–H and O–H groups in total. The number of rotatable bonds is 4. The molecule has 2 saturated heterocycles. The van der Waals surface area contributed by atoms with E-state index >= 15 is 0 Å². The van der Waals surface area contributed by atoms with Crippen LogP contribution < -0.4 is 0 Å². The van der Waals surface area contributed by atoms with E-state index in [1.165, 1.54) is 12.8 Å². The van der Waals surface area contributed by atoms with Crippen molar-refractivity contribution < 1.29 is 14.6 Å². The molecule has 1 aliphatic carbocycles. The number of esters is 1. The normalized spacial score (nSPS) is 31.2. The first kappa shape index (κ1) is 19.7. The van der Waals surface area contributed by atoms with Crippen LogP contribution >= 0.6 is 12.4 Å². The number of carbonyl (C=O) groups excluding carboxylic acids is 1. The Morgan fingerprint density at radius 2 is 1.73 bits per heavy atom. The van der Waals surface area contributed by atoms with Crippen LogP contribution in [0.5, 0.6) is 0 Å². The van der Waals surface area contributed by atoms with Gasteiger partial charge >= 0.3 is 5.97 Å². The number of halogens is 1. The summed E-state index contributed by atoms with van der Waals surface area (Å²) in [4.78, 5) is 15.6. The van der Waals surface area contributed by atoms with E-state index in [0.717, 1.165) is 31.2 Å². The van der Waals surface area contributed by atoms with Crippen molar-refractivity contribution in [1.82, 2.24) is 4.90 Å². The molecule has 2 aliphatic heterocycles. The summed E-state index contributed by atoms with van der Waals surface area (Å²) in [5, 5.41) is 11.2. The number of hydrogen-bond donors (Lipinski definition) is 1. The quantitative estimate of drug-likeness (QED) is 0.811. The van der Waals surface area contributed by atoms with E-state index < -0.39 is 11.5 Å². The van der Waals surface area contributed by atoms with Crippen molar-refractivity contribution in [3.63, 3.8) is 0 Å². The van der Waals surface area contributed by atoms with Crippen LogP contribution in [0.1, 0.15) is 62.8 Å². The molecule has 0 radical (unpaired) electrons. The standard InChI is InChI=1S/C21H29NO3.ClH/c1-22-16-9-10-17(22)14-18(13-16)25-20(23)19(15-7-3-2-4-8-15)21(24)11-5-6-12-21;/h2-4,7-8,16-19,24H,5-6,9-14H2,1H3;1H. The zero-order valence-corrected chi connectivity index (χ0v) is 16.3. The van der Waals surface area contributed by atoms with Gasteiger partial charge in [-0.25, -0.2) is 0 Å². The fourth-order valence-electron chi connectivity index (χ4n) is 5.28. The summed E-state index contributed by atoms with van der Waals surface area (Å²) >= 11 is 0. The molecule has 0 spiro atoms. The highest BCUT2D eigenvalue weighted by molar-refractivity contribution is 5.85.